The Bertz CT molecular complexity index is 626. The first-order valence-electron chi connectivity index (χ1n) is 7.97. The van der Waals surface area contributed by atoms with E-state index < -0.39 is 24.5 Å². The second-order valence-corrected chi connectivity index (χ2v) is 5.70. The van der Waals surface area contributed by atoms with E-state index >= 15 is 0 Å². The van der Waals surface area contributed by atoms with E-state index in [1.165, 1.54) is 6.08 Å². The molecule has 0 fully saturated rings. The van der Waals surface area contributed by atoms with Gasteiger partial charge in [-0.1, -0.05) is 26.0 Å². The monoisotopic (exact) mass is 348 g/mol. The number of carbonyl (C=O) groups excluding carboxylic acids is 3. The fourth-order valence-corrected chi connectivity index (χ4v) is 1.78. The van der Waals surface area contributed by atoms with E-state index in [9.17, 15) is 14.4 Å². The Morgan fingerprint density at radius 1 is 1.24 bits per heavy atom. The van der Waals surface area contributed by atoms with Crippen molar-refractivity contribution in [3.63, 3.8) is 0 Å². The molecule has 1 rings (SSSR count). The van der Waals surface area contributed by atoms with Crippen molar-refractivity contribution >= 4 is 24.0 Å². The zero-order valence-corrected chi connectivity index (χ0v) is 14.7. The van der Waals surface area contributed by atoms with E-state index in [4.69, 9.17) is 9.47 Å². The van der Waals surface area contributed by atoms with E-state index in [1.54, 1.807) is 37.5 Å². The predicted molar refractivity (Wildman–Crippen MR) is 94.0 cm³/mol. The average Bonchev–Trinajstić information content (AvgIpc) is 2.58. The van der Waals surface area contributed by atoms with Gasteiger partial charge in [-0.15, -0.1) is 0 Å². The summed E-state index contributed by atoms with van der Waals surface area (Å²) in [4.78, 5) is 34.6. The highest BCUT2D eigenvalue weighted by Crippen LogP contribution is 2.13. The quantitative estimate of drug-likeness (QED) is 0.554. The molecule has 0 saturated heterocycles. The maximum atomic E-state index is 11.6. The van der Waals surface area contributed by atoms with Gasteiger partial charge in [-0.05, 0) is 36.1 Å². The average molecular weight is 348 g/mol. The zero-order valence-electron chi connectivity index (χ0n) is 14.7. The summed E-state index contributed by atoms with van der Waals surface area (Å²) in [5.41, 5.74) is 0.755. The van der Waals surface area contributed by atoms with E-state index in [0.29, 0.717) is 18.2 Å². The Morgan fingerprint density at radius 3 is 2.68 bits per heavy atom. The number of amides is 3. The molecule has 0 aromatic heterocycles. The molecular formula is C18H24N2O5. The van der Waals surface area contributed by atoms with Crippen molar-refractivity contribution in [1.82, 2.24) is 10.6 Å². The number of urea groups is 1. The van der Waals surface area contributed by atoms with Crippen molar-refractivity contribution in [2.24, 2.45) is 5.92 Å². The topological polar surface area (TPSA) is 93.7 Å². The molecule has 25 heavy (non-hydrogen) atoms. The molecule has 0 unspecified atom stereocenters. The SMILES string of the molecule is COc1cccc(/C=C/C(=O)OCC(=O)NC(=O)NCCC(C)C)c1. The van der Waals surface area contributed by atoms with Crippen molar-refractivity contribution < 1.29 is 23.9 Å². The number of methoxy groups -OCH3 is 1. The number of hydrogen-bond acceptors (Lipinski definition) is 5. The van der Waals surface area contributed by atoms with Crippen LogP contribution in [0.25, 0.3) is 6.08 Å². The normalized spacial score (nSPS) is 10.6. The molecule has 7 heteroatoms. The van der Waals surface area contributed by atoms with Crippen LogP contribution < -0.4 is 15.4 Å². The number of esters is 1. The van der Waals surface area contributed by atoms with Gasteiger partial charge in [0, 0.05) is 12.6 Å². The Balaban J connectivity index is 2.31. The van der Waals surface area contributed by atoms with Crippen LogP contribution >= 0.6 is 0 Å². The third-order valence-electron chi connectivity index (χ3n) is 3.11. The zero-order chi connectivity index (χ0) is 18.7. The molecule has 1 aromatic rings. The maximum absolute atomic E-state index is 11.6. The van der Waals surface area contributed by atoms with Gasteiger partial charge >= 0.3 is 12.0 Å². The molecule has 0 radical (unpaired) electrons. The summed E-state index contributed by atoms with van der Waals surface area (Å²) in [7, 11) is 1.55. The second-order valence-electron chi connectivity index (χ2n) is 5.70. The number of ether oxygens (including phenoxy) is 2. The van der Waals surface area contributed by atoms with Crippen LogP contribution in [0.2, 0.25) is 0 Å². The molecule has 2 N–H and O–H groups in total. The van der Waals surface area contributed by atoms with Gasteiger partial charge in [0.1, 0.15) is 5.75 Å². The van der Waals surface area contributed by atoms with E-state index in [1.807, 2.05) is 13.8 Å². The first-order valence-corrected chi connectivity index (χ1v) is 7.97. The first kappa shape index (κ1) is 20.2. The van der Waals surface area contributed by atoms with Gasteiger partial charge in [-0.25, -0.2) is 9.59 Å². The first-order chi connectivity index (χ1) is 11.9. The van der Waals surface area contributed by atoms with Crippen LogP contribution in [0, 0.1) is 5.92 Å². The summed E-state index contributed by atoms with van der Waals surface area (Å²) < 4.78 is 9.85. The lowest BCUT2D eigenvalue weighted by molar-refractivity contribution is -0.143. The molecule has 0 saturated carbocycles. The van der Waals surface area contributed by atoms with Gasteiger partial charge in [-0.2, -0.15) is 0 Å². The molecule has 0 spiro atoms. The minimum absolute atomic E-state index is 0.452. The second kappa shape index (κ2) is 10.9. The highest BCUT2D eigenvalue weighted by atomic mass is 16.5. The lowest BCUT2D eigenvalue weighted by Gasteiger charge is -2.08. The van der Waals surface area contributed by atoms with Crippen LogP contribution in [0.5, 0.6) is 5.75 Å². The number of rotatable bonds is 8. The molecule has 0 atom stereocenters. The summed E-state index contributed by atoms with van der Waals surface area (Å²) in [5, 5.41) is 4.64. The predicted octanol–water partition coefficient (Wildman–Crippen LogP) is 2.12. The van der Waals surface area contributed by atoms with Gasteiger partial charge in [-0.3, -0.25) is 10.1 Å². The van der Waals surface area contributed by atoms with Crippen molar-refractivity contribution in [3.8, 4) is 5.75 Å². The van der Waals surface area contributed by atoms with Gasteiger partial charge in [0.2, 0.25) is 0 Å². The Morgan fingerprint density at radius 2 is 2.00 bits per heavy atom. The molecule has 0 bridgehead atoms. The fourth-order valence-electron chi connectivity index (χ4n) is 1.78. The Labute approximate surface area is 147 Å². The van der Waals surface area contributed by atoms with E-state index in [2.05, 4.69) is 10.6 Å². The van der Waals surface area contributed by atoms with Gasteiger partial charge in [0.15, 0.2) is 6.61 Å². The lowest BCUT2D eigenvalue weighted by Crippen LogP contribution is -2.41. The Hall–Kier alpha value is -2.83. The molecule has 0 aliphatic heterocycles. The van der Waals surface area contributed by atoms with Crippen molar-refractivity contribution in [3.05, 3.63) is 35.9 Å². The summed E-state index contributed by atoms with van der Waals surface area (Å²) in [6.45, 7) is 4.01. The minimum atomic E-state index is -0.690. The van der Waals surface area contributed by atoms with Gasteiger partial charge < -0.3 is 14.8 Å². The molecular weight excluding hydrogens is 324 g/mol. The van der Waals surface area contributed by atoms with Crippen LogP contribution in [0.3, 0.4) is 0 Å². The maximum Gasteiger partial charge on any atom is 0.331 e. The van der Waals surface area contributed by atoms with E-state index in [0.717, 1.165) is 12.0 Å². The summed E-state index contributed by atoms with van der Waals surface area (Å²) in [6, 6.07) is 6.51. The highest BCUT2D eigenvalue weighted by molar-refractivity contribution is 5.96. The van der Waals surface area contributed by atoms with Gasteiger partial charge in [0.25, 0.3) is 5.91 Å². The number of benzene rings is 1. The van der Waals surface area contributed by atoms with Crippen molar-refractivity contribution in [2.45, 2.75) is 20.3 Å². The highest BCUT2D eigenvalue weighted by Gasteiger charge is 2.09. The standard InChI is InChI=1S/C18H24N2O5/c1-13(2)9-10-19-18(23)20-16(21)12-25-17(22)8-7-14-5-4-6-15(11-14)24-3/h4-8,11,13H,9-10,12H2,1-3H3,(H2,19,20,21,23)/b8-7+. The van der Waals surface area contributed by atoms with Crippen LogP contribution in [0.4, 0.5) is 4.79 Å². The Kier molecular flexibility index (Phi) is 8.78. The molecule has 0 heterocycles. The largest absolute Gasteiger partial charge is 0.497 e. The summed E-state index contributed by atoms with van der Waals surface area (Å²) in [5.74, 6) is -0.255. The van der Waals surface area contributed by atoms with Crippen molar-refractivity contribution in [1.29, 1.82) is 0 Å². The molecule has 7 nitrogen and oxygen atoms in total. The molecule has 0 aliphatic rings. The minimum Gasteiger partial charge on any atom is -0.497 e. The number of imide groups is 1. The molecule has 3 amide bonds. The van der Waals surface area contributed by atoms with Crippen LogP contribution in [0.15, 0.2) is 30.3 Å². The summed E-state index contributed by atoms with van der Waals surface area (Å²) >= 11 is 0. The van der Waals surface area contributed by atoms with Crippen molar-refractivity contribution in [2.75, 3.05) is 20.3 Å². The molecule has 1 aromatic carbocycles. The summed E-state index contributed by atoms with van der Waals surface area (Å²) in [6.07, 6.45) is 3.55. The number of carbonyl (C=O) groups is 3. The molecule has 136 valence electrons. The third kappa shape index (κ3) is 9.14. The number of hydrogen-bond donors (Lipinski definition) is 2. The lowest BCUT2D eigenvalue weighted by atomic mass is 10.1. The van der Waals surface area contributed by atoms with Crippen LogP contribution in [0.1, 0.15) is 25.8 Å². The smallest absolute Gasteiger partial charge is 0.331 e. The van der Waals surface area contributed by atoms with Crippen LogP contribution in [-0.4, -0.2) is 38.2 Å². The number of nitrogens with one attached hydrogen (secondary N) is 2. The fraction of sp³-hybridized carbons (Fsp3) is 0.389. The van der Waals surface area contributed by atoms with E-state index in [-0.39, 0.29) is 0 Å². The van der Waals surface area contributed by atoms with Crippen LogP contribution in [-0.2, 0) is 14.3 Å². The molecule has 0 aliphatic carbocycles. The third-order valence-corrected chi connectivity index (χ3v) is 3.11. The van der Waals surface area contributed by atoms with Gasteiger partial charge in [0.05, 0.1) is 7.11 Å².